The van der Waals surface area contributed by atoms with Crippen molar-refractivity contribution in [3.8, 4) is 5.75 Å². The summed E-state index contributed by atoms with van der Waals surface area (Å²) in [6, 6.07) is 5.68. The van der Waals surface area contributed by atoms with Crippen molar-refractivity contribution in [1.29, 1.82) is 0 Å². The van der Waals surface area contributed by atoms with E-state index < -0.39 is 24.6 Å². The molecule has 0 spiro atoms. The molecular formula is C16H16F2N2O5. The van der Waals surface area contributed by atoms with Crippen molar-refractivity contribution >= 4 is 17.6 Å². The number of aromatic nitrogens is 1. The fourth-order valence-electron chi connectivity index (χ4n) is 2.05. The van der Waals surface area contributed by atoms with Crippen molar-refractivity contribution in [2.45, 2.75) is 33.5 Å². The van der Waals surface area contributed by atoms with E-state index in [2.05, 4.69) is 15.2 Å². The molecule has 0 saturated heterocycles. The highest BCUT2D eigenvalue weighted by Crippen LogP contribution is 2.25. The average Bonchev–Trinajstić information content (AvgIpc) is 2.87. The zero-order valence-corrected chi connectivity index (χ0v) is 13.7. The summed E-state index contributed by atoms with van der Waals surface area (Å²) in [5.41, 5.74) is 0.514. The van der Waals surface area contributed by atoms with Gasteiger partial charge in [0.25, 0.3) is 5.91 Å². The largest absolute Gasteiger partial charge is 0.449 e. The van der Waals surface area contributed by atoms with E-state index in [1.807, 2.05) is 0 Å². The van der Waals surface area contributed by atoms with E-state index in [-0.39, 0.29) is 22.8 Å². The van der Waals surface area contributed by atoms with Gasteiger partial charge in [0.15, 0.2) is 6.10 Å². The summed E-state index contributed by atoms with van der Waals surface area (Å²) in [5, 5.41) is 6.01. The summed E-state index contributed by atoms with van der Waals surface area (Å²) in [5.74, 6) is -1.40. The lowest BCUT2D eigenvalue weighted by Crippen LogP contribution is -2.30. The molecule has 0 aliphatic heterocycles. The van der Waals surface area contributed by atoms with Gasteiger partial charge in [0.2, 0.25) is 0 Å². The van der Waals surface area contributed by atoms with Gasteiger partial charge in [0.1, 0.15) is 17.1 Å². The van der Waals surface area contributed by atoms with Crippen LogP contribution in [-0.2, 0) is 9.53 Å². The number of nitrogens with zero attached hydrogens (tertiary/aromatic N) is 1. The number of ether oxygens (including phenoxy) is 2. The molecule has 1 atom stereocenters. The second-order valence-electron chi connectivity index (χ2n) is 5.11. The maximum Gasteiger partial charge on any atom is 0.387 e. The molecule has 0 radical (unpaired) electrons. The lowest BCUT2D eigenvalue weighted by Gasteiger charge is -2.15. The van der Waals surface area contributed by atoms with Gasteiger partial charge >= 0.3 is 12.6 Å². The Morgan fingerprint density at radius 2 is 1.92 bits per heavy atom. The maximum atomic E-state index is 12.4. The molecule has 0 fully saturated rings. The van der Waals surface area contributed by atoms with Crippen LogP contribution in [0.25, 0.3) is 0 Å². The Morgan fingerprint density at radius 1 is 1.24 bits per heavy atom. The number of nitrogens with one attached hydrogen (secondary N) is 1. The molecule has 0 bridgehead atoms. The number of aryl methyl sites for hydroxylation is 2. The number of halogens is 2. The van der Waals surface area contributed by atoms with Crippen LogP contribution in [0, 0.1) is 13.8 Å². The molecule has 0 aliphatic carbocycles. The van der Waals surface area contributed by atoms with Gasteiger partial charge in [-0.25, -0.2) is 4.79 Å². The highest BCUT2D eigenvalue weighted by atomic mass is 19.3. The minimum Gasteiger partial charge on any atom is -0.449 e. The molecule has 2 rings (SSSR count). The van der Waals surface area contributed by atoms with E-state index >= 15 is 0 Å². The third kappa shape index (κ3) is 4.52. The Labute approximate surface area is 141 Å². The van der Waals surface area contributed by atoms with Crippen LogP contribution < -0.4 is 10.1 Å². The van der Waals surface area contributed by atoms with Gasteiger partial charge in [-0.2, -0.15) is 8.78 Å². The summed E-state index contributed by atoms with van der Waals surface area (Å²) < 4.78 is 39.0. The molecule has 0 saturated carbocycles. The third-order valence-corrected chi connectivity index (χ3v) is 3.25. The number of esters is 1. The topological polar surface area (TPSA) is 90.7 Å². The summed E-state index contributed by atoms with van der Waals surface area (Å²) in [7, 11) is 0. The fourth-order valence-corrected chi connectivity index (χ4v) is 2.05. The van der Waals surface area contributed by atoms with Crippen LogP contribution in [0.1, 0.15) is 28.7 Å². The molecule has 7 nitrogen and oxygen atoms in total. The SMILES string of the molecule is Cc1noc(C)c1C(=O)O[C@H](C)C(=O)Nc1ccccc1OC(F)F. The van der Waals surface area contributed by atoms with Crippen LogP contribution in [0.15, 0.2) is 28.8 Å². The van der Waals surface area contributed by atoms with Crippen LogP contribution in [0.3, 0.4) is 0 Å². The van der Waals surface area contributed by atoms with Gasteiger partial charge in [-0.05, 0) is 32.9 Å². The number of alkyl halides is 2. The fraction of sp³-hybridized carbons (Fsp3) is 0.312. The van der Waals surface area contributed by atoms with Gasteiger partial charge in [-0.1, -0.05) is 17.3 Å². The number of benzene rings is 1. The first-order valence-corrected chi connectivity index (χ1v) is 7.28. The van der Waals surface area contributed by atoms with Crippen molar-refractivity contribution in [2.24, 2.45) is 0 Å². The molecule has 1 heterocycles. The number of rotatable bonds is 6. The van der Waals surface area contributed by atoms with Crippen molar-refractivity contribution in [1.82, 2.24) is 5.16 Å². The molecule has 0 aliphatic rings. The van der Waals surface area contributed by atoms with E-state index in [1.54, 1.807) is 13.8 Å². The lowest BCUT2D eigenvalue weighted by atomic mass is 10.2. The van der Waals surface area contributed by atoms with Crippen molar-refractivity contribution in [2.75, 3.05) is 5.32 Å². The molecular weight excluding hydrogens is 338 g/mol. The summed E-state index contributed by atoms with van der Waals surface area (Å²) in [4.78, 5) is 24.3. The predicted octanol–water partition coefficient (Wildman–Crippen LogP) is 3.08. The molecule has 9 heteroatoms. The van der Waals surface area contributed by atoms with Crippen molar-refractivity contribution in [3.63, 3.8) is 0 Å². The lowest BCUT2D eigenvalue weighted by molar-refractivity contribution is -0.123. The van der Waals surface area contributed by atoms with E-state index in [1.165, 1.54) is 31.2 Å². The number of carbonyl (C=O) groups excluding carboxylic acids is 2. The first-order valence-electron chi connectivity index (χ1n) is 7.28. The number of hydrogen-bond donors (Lipinski definition) is 1. The maximum absolute atomic E-state index is 12.4. The number of carbonyl (C=O) groups is 2. The average molecular weight is 354 g/mol. The summed E-state index contributed by atoms with van der Waals surface area (Å²) in [6.45, 7) is 1.42. The molecule has 1 aromatic carbocycles. The Balaban J connectivity index is 2.05. The second kappa shape index (κ2) is 7.73. The molecule has 1 aromatic heterocycles. The quantitative estimate of drug-likeness (QED) is 0.802. The zero-order valence-electron chi connectivity index (χ0n) is 13.7. The number of amides is 1. The van der Waals surface area contributed by atoms with Crippen LogP contribution in [0.4, 0.5) is 14.5 Å². The molecule has 2 aromatic rings. The Bertz CT molecular complexity index is 756. The van der Waals surface area contributed by atoms with Gasteiger partial charge in [0, 0.05) is 0 Å². The van der Waals surface area contributed by atoms with Crippen LogP contribution in [-0.4, -0.2) is 29.7 Å². The summed E-state index contributed by atoms with van der Waals surface area (Å²) >= 11 is 0. The van der Waals surface area contributed by atoms with Crippen molar-refractivity contribution < 1.29 is 32.4 Å². The molecule has 0 unspecified atom stereocenters. The monoisotopic (exact) mass is 354 g/mol. The second-order valence-corrected chi connectivity index (χ2v) is 5.11. The highest BCUT2D eigenvalue weighted by Gasteiger charge is 2.25. The summed E-state index contributed by atoms with van der Waals surface area (Å²) in [6.07, 6.45) is -1.18. The Hall–Kier alpha value is -2.97. The first-order chi connectivity index (χ1) is 11.8. The van der Waals surface area contributed by atoms with Crippen LogP contribution in [0.5, 0.6) is 5.75 Å². The van der Waals surface area contributed by atoms with Crippen LogP contribution in [0.2, 0.25) is 0 Å². The Morgan fingerprint density at radius 3 is 2.52 bits per heavy atom. The standard InChI is InChI=1S/C16H16F2N2O5/c1-8-13(9(2)25-20-8)15(22)23-10(3)14(21)19-11-6-4-5-7-12(11)24-16(17)18/h4-7,10,16H,1-3H3,(H,19,21)/t10-/m1/s1. The smallest absolute Gasteiger partial charge is 0.387 e. The first kappa shape index (κ1) is 18.4. The van der Waals surface area contributed by atoms with E-state index in [0.29, 0.717) is 5.69 Å². The number of para-hydroxylation sites is 2. The Kier molecular flexibility index (Phi) is 5.68. The normalized spacial score (nSPS) is 11.9. The van der Waals surface area contributed by atoms with Gasteiger partial charge < -0.3 is 19.3 Å². The molecule has 1 N–H and O–H groups in total. The minimum atomic E-state index is -3.03. The zero-order chi connectivity index (χ0) is 18.6. The number of hydrogen-bond acceptors (Lipinski definition) is 6. The van der Waals surface area contributed by atoms with Gasteiger partial charge in [0.05, 0.1) is 11.4 Å². The van der Waals surface area contributed by atoms with Crippen molar-refractivity contribution in [3.05, 3.63) is 41.3 Å². The van der Waals surface area contributed by atoms with Crippen LogP contribution >= 0.6 is 0 Å². The van der Waals surface area contributed by atoms with E-state index in [0.717, 1.165) is 0 Å². The van der Waals surface area contributed by atoms with E-state index in [9.17, 15) is 18.4 Å². The van der Waals surface area contributed by atoms with Gasteiger partial charge in [-0.3, -0.25) is 4.79 Å². The minimum absolute atomic E-state index is 0.0352. The highest BCUT2D eigenvalue weighted by molar-refractivity contribution is 5.98. The molecule has 1 amide bonds. The number of anilines is 1. The molecule has 25 heavy (non-hydrogen) atoms. The third-order valence-electron chi connectivity index (χ3n) is 3.25. The van der Waals surface area contributed by atoms with Gasteiger partial charge in [-0.15, -0.1) is 0 Å². The van der Waals surface area contributed by atoms with E-state index in [4.69, 9.17) is 9.26 Å². The molecule has 134 valence electrons. The predicted molar refractivity (Wildman–Crippen MR) is 82.6 cm³/mol.